The number of nitrogens with one attached hydrogen (secondary N) is 1. The Balaban J connectivity index is 2.00. The highest BCUT2D eigenvalue weighted by molar-refractivity contribution is 7.15. The number of benzene rings is 1. The first-order valence-electron chi connectivity index (χ1n) is 6.97. The van der Waals surface area contributed by atoms with Crippen molar-refractivity contribution < 1.29 is 4.79 Å². The second-order valence-corrected chi connectivity index (χ2v) is 5.67. The summed E-state index contributed by atoms with van der Waals surface area (Å²) >= 11 is 1.68. The molecule has 21 heavy (non-hydrogen) atoms. The first-order valence-corrected chi connectivity index (χ1v) is 7.79. The third-order valence-electron chi connectivity index (χ3n) is 3.19. The van der Waals surface area contributed by atoms with E-state index >= 15 is 0 Å². The summed E-state index contributed by atoms with van der Waals surface area (Å²) in [6, 6.07) is 7.20. The van der Waals surface area contributed by atoms with Crippen molar-refractivity contribution in [3.8, 4) is 0 Å². The van der Waals surface area contributed by atoms with Gasteiger partial charge in [-0.2, -0.15) is 0 Å². The van der Waals surface area contributed by atoms with Gasteiger partial charge < -0.3 is 16.0 Å². The number of aromatic nitrogens is 1. The second kappa shape index (κ2) is 7.08. The van der Waals surface area contributed by atoms with Crippen molar-refractivity contribution in [2.24, 2.45) is 5.73 Å². The monoisotopic (exact) mass is 304 g/mol. The van der Waals surface area contributed by atoms with E-state index in [1.807, 2.05) is 18.3 Å². The fourth-order valence-electron chi connectivity index (χ4n) is 1.99. The second-order valence-electron chi connectivity index (χ2n) is 4.58. The molecular weight excluding hydrogens is 284 g/mol. The molecule has 1 amide bonds. The number of hydrogen-bond acceptors (Lipinski definition) is 5. The van der Waals surface area contributed by atoms with Gasteiger partial charge in [0, 0.05) is 35.4 Å². The zero-order chi connectivity index (χ0) is 15.2. The molecule has 0 atom stereocenters. The molecule has 0 aliphatic heterocycles. The number of carbonyl (C=O) groups excluding carboxylic acids is 1. The lowest BCUT2D eigenvalue weighted by molar-refractivity contribution is 0.100. The van der Waals surface area contributed by atoms with E-state index in [4.69, 9.17) is 5.73 Å². The van der Waals surface area contributed by atoms with E-state index in [0.29, 0.717) is 12.1 Å². The zero-order valence-electron chi connectivity index (χ0n) is 12.3. The van der Waals surface area contributed by atoms with Crippen molar-refractivity contribution in [1.29, 1.82) is 0 Å². The van der Waals surface area contributed by atoms with Crippen molar-refractivity contribution in [2.75, 3.05) is 23.3 Å². The summed E-state index contributed by atoms with van der Waals surface area (Å²) in [5.41, 5.74) is 6.66. The Morgan fingerprint density at radius 3 is 2.81 bits per heavy atom. The Morgan fingerprint density at radius 2 is 2.14 bits per heavy atom. The Labute approximate surface area is 128 Å². The smallest absolute Gasteiger partial charge is 0.248 e. The summed E-state index contributed by atoms with van der Waals surface area (Å²) in [5, 5.41) is 4.33. The number of thiazole rings is 1. The van der Waals surface area contributed by atoms with E-state index in [9.17, 15) is 4.79 Å². The van der Waals surface area contributed by atoms with E-state index in [1.54, 1.807) is 23.5 Å². The van der Waals surface area contributed by atoms with Crippen LogP contribution >= 0.6 is 11.3 Å². The van der Waals surface area contributed by atoms with Crippen LogP contribution in [0.2, 0.25) is 0 Å². The van der Waals surface area contributed by atoms with Crippen LogP contribution in [-0.4, -0.2) is 24.0 Å². The Kier molecular flexibility index (Phi) is 5.16. The van der Waals surface area contributed by atoms with Gasteiger partial charge in [0.1, 0.15) is 0 Å². The van der Waals surface area contributed by atoms with Gasteiger partial charge in [-0.15, -0.1) is 11.3 Å². The van der Waals surface area contributed by atoms with Crippen LogP contribution < -0.4 is 16.0 Å². The topological polar surface area (TPSA) is 71.2 Å². The van der Waals surface area contributed by atoms with Crippen molar-refractivity contribution in [2.45, 2.75) is 20.4 Å². The standard InChI is InChI=1S/C15H20N4OS/c1-3-19(4-2)15-18-10-13(21-15)9-17-12-7-5-6-11(8-12)14(16)20/h5-8,10,17H,3-4,9H2,1-2H3,(H2,16,20). The third-order valence-corrected chi connectivity index (χ3v) is 4.25. The maximum absolute atomic E-state index is 11.2. The zero-order valence-corrected chi connectivity index (χ0v) is 13.1. The molecule has 1 aromatic carbocycles. The van der Waals surface area contributed by atoms with Crippen molar-refractivity contribution in [3.63, 3.8) is 0 Å². The van der Waals surface area contributed by atoms with Gasteiger partial charge in [-0.3, -0.25) is 4.79 Å². The van der Waals surface area contributed by atoms with Crippen LogP contribution in [0.3, 0.4) is 0 Å². The van der Waals surface area contributed by atoms with Crippen molar-refractivity contribution in [1.82, 2.24) is 4.98 Å². The minimum atomic E-state index is -0.416. The average molecular weight is 304 g/mol. The molecule has 0 aliphatic carbocycles. The lowest BCUT2D eigenvalue weighted by Crippen LogP contribution is -2.21. The van der Waals surface area contributed by atoms with Crippen LogP contribution in [0.1, 0.15) is 29.1 Å². The highest BCUT2D eigenvalue weighted by Crippen LogP contribution is 2.23. The molecular formula is C15H20N4OS. The van der Waals surface area contributed by atoms with Crippen LogP contribution in [0, 0.1) is 0 Å². The molecule has 6 heteroatoms. The first kappa shape index (κ1) is 15.3. The van der Waals surface area contributed by atoms with E-state index in [0.717, 1.165) is 28.8 Å². The molecule has 1 heterocycles. The van der Waals surface area contributed by atoms with Gasteiger partial charge in [-0.05, 0) is 32.0 Å². The summed E-state index contributed by atoms with van der Waals surface area (Å²) in [6.45, 7) is 6.84. The quantitative estimate of drug-likeness (QED) is 0.825. The first-order chi connectivity index (χ1) is 10.1. The van der Waals surface area contributed by atoms with E-state index in [1.165, 1.54) is 0 Å². The van der Waals surface area contributed by atoms with Gasteiger partial charge >= 0.3 is 0 Å². The van der Waals surface area contributed by atoms with Gasteiger partial charge in [0.15, 0.2) is 5.13 Å². The maximum atomic E-state index is 11.2. The predicted molar refractivity (Wildman–Crippen MR) is 88.0 cm³/mol. The molecule has 1 aromatic heterocycles. The summed E-state index contributed by atoms with van der Waals surface area (Å²) in [6.07, 6.45) is 1.89. The van der Waals surface area contributed by atoms with Crippen LogP contribution in [-0.2, 0) is 6.54 Å². The molecule has 2 aromatic rings. The van der Waals surface area contributed by atoms with Crippen LogP contribution in [0.25, 0.3) is 0 Å². The Bertz CT molecular complexity index is 607. The predicted octanol–water partition coefficient (Wildman–Crippen LogP) is 2.70. The molecule has 0 radical (unpaired) electrons. The number of rotatable bonds is 7. The maximum Gasteiger partial charge on any atom is 0.248 e. The highest BCUT2D eigenvalue weighted by atomic mass is 32.1. The number of amides is 1. The highest BCUT2D eigenvalue weighted by Gasteiger charge is 2.08. The number of nitrogens with zero attached hydrogens (tertiary/aromatic N) is 2. The number of hydrogen-bond donors (Lipinski definition) is 2. The Hall–Kier alpha value is -2.08. The molecule has 0 fully saturated rings. The van der Waals surface area contributed by atoms with Crippen molar-refractivity contribution in [3.05, 3.63) is 40.9 Å². The summed E-state index contributed by atoms with van der Waals surface area (Å²) in [7, 11) is 0. The minimum absolute atomic E-state index is 0.416. The van der Waals surface area contributed by atoms with E-state index in [-0.39, 0.29) is 0 Å². The number of nitrogens with two attached hydrogens (primary N) is 1. The summed E-state index contributed by atoms with van der Waals surface area (Å²) in [5.74, 6) is -0.416. The normalized spacial score (nSPS) is 10.4. The molecule has 0 bridgehead atoms. The van der Waals surface area contributed by atoms with E-state index < -0.39 is 5.91 Å². The van der Waals surface area contributed by atoms with Gasteiger partial charge in [-0.25, -0.2) is 4.98 Å². The molecule has 0 aliphatic rings. The molecule has 0 saturated heterocycles. The minimum Gasteiger partial charge on any atom is -0.380 e. The van der Waals surface area contributed by atoms with Crippen LogP contribution in [0.15, 0.2) is 30.5 Å². The lowest BCUT2D eigenvalue weighted by atomic mass is 10.2. The fraction of sp³-hybridized carbons (Fsp3) is 0.333. The lowest BCUT2D eigenvalue weighted by Gasteiger charge is -2.16. The molecule has 3 N–H and O–H groups in total. The van der Waals surface area contributed by atoms with Crippen LogP contribution in [0.4, 0.5) is 10.8 Å². The molecule has 112 valence electrons. The molecule has 0 spiro atoms. The number of primary amides is 1. The van der Waals surface area contributed by atoms with E-state index in [2.05, 4.69) is 29.0 Å². The number of anilines is 2. The molecule has 0 saturated carbocycles. The Morgan fingerprint density at radius 1 is 1.38 bits per heavy atom. The summed E-state index contributed by atoms with van der Waals surface area (Å²) in [4.78, 5) is 19.0. The van der Waals surface area contributed by atoms with Crippen LogP contribution in [0.5, 0.6) is 0 Å². The third kappa shape index (κ3) is 3.95. The molecule has 5 nitrogen and oxygen atoms in total. The SMILES string of the molecule is CCN(CC)c1ncc(CNc2cccc(C(N)=O)c2)s1. The largest absolute Gasteiger partial charge is 0.380 e. The molecule has 0 unspecified atom stereocenters. The average Bonchev–Trinajstić information content (AvgIpc) is 2.95. The molecule has 2 rings (SSSR count). The van der Waals surface area contributed by atoms with Gasteiger partial charge in [0.2, 0.25) is 5.91 Å². The summed E-state index contributed by atoms with van der Waals surface area (Å²) < 4.78 is 0. The van der Waals surface area contributed by atoms with Gasteiger partial charge in [-0.1, -0.05) is 6.07 Å². The fourth-order valence-corrected chi connectivity index (χ4v) is 2.97. The van der Waals surface area contributed by atoms with Gasteiger partial charge in [0.25, 0.3) is 0 Å². The van der Waals surface area contributed by atoms with Crippen molar-refractivity contribution >= 4 is 28.1 Å². The number of carbonyl (C=O) groups is 1. The van der Waals surface area contributed by atoms with Gasteiger partial charge in [0.05, 0.1) is 6.54 Å².